The predicted octanol–water partition coefficient (Wildman–Crippen LogP) is 4.22. The predicted molar refractivity (Wildman–Crippen MR) is 176 cm³/mol. The van der Waals surface area contributed by atoms with Crippen molar-refractivity contribution in [2.24, 2.45) is 0 Å². The molecule has 2 aromatic carbocycles. The number of ether oxygens (including phenoxy) is 3. The molecule has 4 N–H and O–H groups in total. The van der Waals surface area contributed by atoms with Crippen molar-refractivity contribution in [1.29, 1.82) is 0 Å². The van der Waals surface area contributed by atoms with Crippen LogP contribution in [-0.2, 0) is 28.1 Å². The Morgan fingerprint density at radius 1 is 1.02 bits per heavy atom. The minimum atomic E-state index is -4.42. The molecule has 4 unspecified atom stereocenters. The number of hydrogen-bond acceptors (Lipinski definition) is 13. The van der Waals surface area contributed by atoms with Gasteiger partial charge in [0.1, 0.15) is 42.5 Å². The number of benzene rings is 2. The van der Waals surface area contributed by atoms with Gasteiger partial charge in [-0.3, -0.25) is 19.2 Å². The second-order valence-corrected chi connectivity index (χ2v) is 13.7. The second kappa shape index (κ2) is 14.7. The van der Waals surface area contributed by atoms with Crippen molar-refractivity contribution in [3.05, 3.63) is 55.1 Å². The van der Waals surface area contributed by atoms with E-state index >= 15 is 0 Å². The van der Waals surface area contributed by atoms with Crippen LogP contribution in [-0.4, -0.2) is 85.5 Å². The number of aliphatic hydroxyl groups excluding tert-OH is 2. The first kappa shape index (κ1) is 34.7. The molecule has 2 fully saturated rings. The third-order valence-electron chi connectivity index (χ3n) is 8.59. The van der Waals surface area contributed by atoms with Crippen LogP contribution < -0.4 is 14.9 Å². The van der Waals surface area contributed by atoms with Gasteiger partial charge in [-0.25, -0.2) is 24.3 Å². The number of anilines is 1. The standard InChI is InChI=1S/C32H39N6O10P/c1-18(31(41)45-21-12-5-4-6-13-21)37-49(43,48-23-15-9-11-20-10-7-8-14-22(20)23)47-19(2)27-25(39)26(40)30(46-27)38-17-35-24-28(36-32(42)44-3)33-16-34-29(24)38/h7-11,14-19,21,25-27,30,39-40H,4-6,12-13H2,1-3H3,(H,37,43)(H,33,34,36,42)/t18?,19?,25-,26?,27-,30-,49?/m1/s1. The number of amides is 1. The molecule has 3 heterocycles. The summed E-state index contributed by atoms with van der Waals surface area (Å²) in [6.45, 7) is 3.01. The van der Waals surface area contributed by atoms with E-state index in [2.05, 4.69) is 30.1 Å². The van der Waals surface area contributed by atoms with E-state index in [-0.39, 0.29) is 28.8 Å². The minimum Gasteiger partial charge on any atom is -0.461 e. The van der Waals surface area contributed by atoms with Crippen LogP contribution in [0.3, 0.4) is 0 Å². The van der Waals surface area contributed by atoms with Gasteiger partial charge >= 0.3 is 19.8 Å². The first-order chi connectivity index (χ1) is 23.6. The lowest BCUT2D eigenvalue weighted by atomic mass is 9.98. The summed E-state index contributed by atoms with van der Waals surface area (Å²) in [5, 5.41) is 28.9. The summed E-state index contributed by atoms with van der Waals surface area (Å²) in [4.78, 5) is 37.4. The first-order valence-corrected chi connectivity index (χ1v) is 17.6. The van der Waals surface area contributed by atoms with Gasteiger partial charge in [-0.05, 0) is 51.0 Å². The Balaban J connectivity index is 1.24. The number of rotatable bonds is 11. The Kier molecular flexibility index (Phi) is 10.4. The van der Waals surface area contributed by atoms with Gasteiger partial charge in [-0.1, -0.05) is 42.8 Å². The number of nitrogens with one attached hydrogen (secondary N) is 2. The molecule has 262 valence electrons. The second-order valence-electron chi connectivity index (χ2n) is 12.1. The van der Waals surface area contributed by atoms with Crippen LogP contribution in [0.25, 0.3) is 21.9 Å². The Morgan fingerprint density at radius 3 is 2.55 bits per heavy atom. The van der Waals surface area contributed by atoms with Crippen LogP contribution in [0.4, 0.5) is 10.6 Å². The number of imidazole rings is 1. The maximum Gasteiger partial charge on any atom is 0.459 e. The highest BCUT2D eigenvalue weighted by atomic mass is 31.2. The number of aliphatic hydroxyl groups is 2. The van der Waals surface area contributed by atoms with Gasteiger partial charge in [0.05, 0.1) is 19.5 Å². The zero-order chi connectivity index (χ0) is 34.7. The van der Waals surface area contributed by atoms with Crippen molar-refractivity contribution in [2.75, 3.05) is 12.4 Å². The van der Waals surface area contributed by atoms with Crippen molar-refractivity contribution >= 4 is 47.6 Å². The van der Waals surface area contributed by atoms with Crippen LogP contribution in [0.2, 0.25) is 0 Å². The molecule has 4 aromatic rings. The molecular formula is C32H39N6O10P. The lowest BCUT2D eigenvalue weighted by Crippen LogP contribution is -2.41. The van der Waals surface area contributed by atoms with Gasteiger partial charge in [0.2, 0.25) is 0 Å². The number of carbonyl (C=O) groups excluding carboxylic acids is 2. The largest absolute Gasteiger partial charge is 0.461 e. The van der Waals surface area contributed by atoms with Gasteiger partial charge in [0.25, 0.3) is 0 Å². The molecule has 2 aliphatic rings. The van der Waals surface area contributed by atoms with E-state index in [1.54, 1.807) is 18.2 Å². The molecule has 1 saturated heterocycles. The zero-order valence-electron chi connectivity index (χ0n) is 27.2. The molecule has 1 aliphatic heterocycles. The molecule has 49 heavy (non-hydrogen) atoms. The number of esters is 1. The van der Waals surface area contributed by atoms with Crippen molar-refractivity contribution in [3.8, 4) is 5.75 Å². The van der Waals surface area contributed by atoms with E-state index < -0.39 is 56.5 Å². The molecule has 6 rings (SSSR count). The van der Waals surface area contributed by atoms with Crippen LogP contribution in [0.15, 0.2) is 55.1 Å². The maximum absolute atomic E-state index is 14.6. The van der Waals surface area contributed by atoms with Gasteiger partial charge in [-0.2, -0.15) is 5.09 Å². The van der Waals surface area contributed by atoms with Crippen molar-refractivity contribution in [1.82, 2.24) is 24.6 Å². The van der Waals surface area contributed by atoms with Gasteiger partial charge in [0, 0.05) is 5.39 Å². The molecule has 1 amide bonds. The zero-order valence-corrected chi connectivity index (χ0v) is 28.1. The van der Waals surface area contributed by atoms with E-state index in [0.29, 0.717) is 5.39 Å². The molecule has 2 aromatic heterocycles. The SMILES string of the molecule is COC(=O)Nc1ncnc2c1ncn2[C@@H]1O[C@H](C(C)OP(=O)(NC(C)C(=O)OC2CCCCC2)Oc2cccc3ccccc23)[C@H](O)C1O. The number of fused-ring (bicyclic) bond motifs is 2. The van der Waals surface area contributed by atoms with Crippen LogP contribution >= 0.6 is 7.75 Å². The molecule has 0 radical (unpaired) electrons. The van der Waals surface area contributed by atoms with E-state index in [1.165, 1.54) is 38.2 Å². The number of hydrogen-bond donors (Lipinski definition) is 4. The average Bonchev–Trinajstić information content (AvgIpc) is 3.65. The Labute approximate surface area is 281 Å². The van der Waals surface area contributed by atoms with Crippen LogP contribution in [0, 0.1) is 0 Å². The highest BCUT2D eigenvalue weighted by Crippen LogP contribution is 2.49. The highest BCUT2D eigenvalue weighted by Gasteiger charge is 2.49. The fraction of sp³-hybridized carbons (Fsp3) is 0.469. The summed E-state index contributed by atoms with van der Waals surface area (Å²) < 4.78 is 44.5. The third-order valence-corrected chi connectivity index (χ3v) is 10.3. The monoisotopic (exact) mass is 698 g/mol. The number of carbonyl (C=O) groups is 2. The topological polar surface area (TPSA) is 205 Å². The number of methoxy groups -OCH3 is 1. The van der Waals surface area contributed by atoms with Gasteiger partial charge in [-0.15, -0.1) is 0 Å². The summed E-state index contributed by atoms with van der Waals surface area (Å²) >= 11 is 0. The lowest BCUT2D eigenvalue weighted by Gasteiger charge is -2.29. The molecule has 1 aliphatic carbocycles. The number of aromatic nitrogens is 4. The highest BCUT2D eigenvalue weighted by molar-refractivity contribution is 7.52. The number of nitrogens with zero attached hydrogens (tertiary/aromatic N) is 4. The molecular weight excluding hydrogens is 659 g/mol. The molecule has 0 spiro atoms. The fourth-order valence-corrected chi connectivity index (χ4v) is 7.79. The van der Waals surface area contributed by atoms with E-state index in [4.69, 9.17) is 18.5 Å². The Bertz CT molecular complexity index is 1850. The maximum atomic E-state index is 14.6. The fourth-order valence-electron chi connectivity index (χ4n) is 6.08. The van der Waals surface area contributed by atoms with Gasteiger partial charge in [0.15, 0.2) is 23.2 Å². The molecule has 0 bridgehead atoms. The summed E-state index contributed by atoms with van der Waals surface area (Å²) in [5.74, 6) is -0.307. The average molecular weight is 699 g/mol. The summed E-state index contributed by atoms with van der Waals surface area (Å²) in [7, 11) is -3.22. The Morgan fingerprint density at radius 2 is 1.78 bits per heavy atom. The van der Waals surface area contributed by atoms with Crippen molar-refractivity contribution in [3.63, 3.8) is 0 Å². The van der Waals surface area contributed by atoms with E-state index in [9.17, 15) is 24.4 Å². The summed E-state index contributed by atoms with van der Waals surface area (Å²) in [6, 6.07) is 11.5. The smallest absolute Gasteiger partial charge is 0.459 e. The van der Waals surface area contributed by atoms with Crippen LogP contribution in [0.5, 0.6) is 5.75 Å². The Hall–Kier alpha value is -4.18. The van der Waals surface area contributed by atoms with Gasteiger partial charge < -0.3 is 28.9 Å². The molecule has 7 atom stereocenters. The van der Waals surface area contributed by atoms with Crippen molar-refractivity contribution in [2.45, 2.75) is 88.7 Å². The third kappa shape index (κ3) is 7.54. The van der Waals surface area contributed by atoms with E-state index in [1.807, 2.05) is 24.3 Å². The molecule has 17 heteroatoms. The normalized spacial score (nSPS) is 23.9. The minimum absolute atomic E-state index is 0.0608. The first-order valence-electron chi connectivity index (χ1n) is 16.0. The van der Waals surface area contributed by atoms with Crippen LogP contribution in [0.1, 0.15) is 52.2 Å². The quantitative estimate of drug-likeness (QED) is 0.128. The summed E-state index contributed by atoms with van der Waals surface area (Å²) in [6.07, 6.45) is -0.593. The van der Waals surface area contributed by atoms with E-state index in [0.717, 1.165) is 37.5 Å². The molecule has 16 nitrogen and oxygen atoms in total. The summed E-state index contributed by atoms with van der Waals surface area (Å²) in [5.41, 5.74) is 0.362. The molecule has 1 saturated carbocycles. The lowest BCUT2D eigenvalue weighted by molar-refractivity contribution is -0.152. The van der Waals surface area contributed by atoms with Crippen molar-refractivity contribution < 1.29 is 47.6 Å².